The number of amides is 3. The van der Waals surface area contributed by atoms with Gasteiger partial charge in [-0.3, -0.25) is 4.79 Å². The highest BCUT2D eigenvalue weighted by Crippen LogP contribution is 2.37. The lowest BCUT2D eigenvalue weighted by Gasteiger charge is -2.24. The molecule has 1 aliphatic heterocycles. The van der Waals surface area contributed by atoms with E-state index in [0.717, 1.165) is 5.56 Å². The summed E-state index contributed by atoms with van der Waals surface area (Å²) in [5.74, 6) is 0.578. The molecule has 2 N–H and O–H groups in total. The van der Waals surface area contributed by atoms with Gasteiger partial charge < -0.3 is 20.3 Å². The Hall–Kier alpha value is -2.73. The van der Waals surface area contributed by atoms with Crippen molar-refractivity contribution < 1.29 is 14.3 Å². The van der Waals surface area contributed by atoms with E-state index in [0.29, 0.717) is 35.3 Å². The molecule has 3 rings (SSSR count). The maximum absolute atomic E-state index is 12.6. The van der Waals surface area contributed by atoms with E-state index in [4.69, 9.17) is 16.3 Å². The van der Waals surface area contributed by atoms with Crippen LogP contribution < -0.4 is 20.3 Å². The van der Waals surface area contributed by atoms with Gasteiger partial charge in [-0.25, -0.2) is 4.79 Å². The molecule has 0 atom stereocenters. The fourth-order valence-corrected chi connectivity index (χ4v) is 2.95. The number of carbonyl (C=O) groups is 2. The number of hydrogen-bond acceptors (Lipinski definition) is 3. The average Bonchev–Trinajstić information content (AvgIpc) is 2.72. The predicted octanol–water partition coefficient (Wildman–Crippen LogP) is 4.04. The van der Waals surface area contributed by atoms with E-state index in [1.807, 2.05) is 26.0 Å². The molecule has 0 aliphatic carbocycles. The lowest BCUT2D eigenvalue weighted by atomic mass is 9.93. The van der Waals surface area contributed by atoms with E-state index >= 15 is 0 Å². The Kier molecular flexibility index (Phi) is 5.28. The topological polar surface area (TPSA) is 70.7 Å². The van der Waals surface area contributed by atoms with Crippen LogP contribution in [0.25, 0.3) is 0 Å². The van der Waals surface area contributed by atoms with Crippen LogP contribution in [-0.4, -0.2) is 25.6 Å². The van der Waals surface area contributed by atoms with Gasteiger partial charge in [-0.05, 0) is 49.7 Å². The molecule has 1 aliphatic rings. The summed E-state index contributed by atoms with van der Waals surface area (Å²) in [6.07, 6.45) is 0. The van der Waals surface area contributed by atoms with Gasteiger partial charge in [0.15, 0.2) is 0 Å². The molecular weight excluding hydrogens is 366 g/mol. The number of rotatable bonds is 3. The smallest absolute Gasteiger partial charge is 0.319 e. The summed E-state index contributed by atoms with van der Waals surface area (Å²) in [4.78, 5) is 26.3. The Morgan fingerprint density at radius 3 is 2.63 bits per heavy atom. The standard InChI is InChI=1S/C20H22ClN3O3/c1-20(2)12-27-17-9-8-15(10-16(17)24(3)18(20)25)23-19(26)22-11-13-4-6-14(21)7-5-13/h4-10H,11-12H2,1-3H3,(H2,22,23,26). The van der Waals surface area contributed by atoms with Crippen molar-refractivity contribution in [3.8, 4) is 5.75 Å². The Morgan fingerprint density at radius 2 is 1.93 bits per heavy atom. The first kappa shape index (κ1) is 19.0. The van der Waals surface area contributed by atoms with Crippen LogP contribution in [0.3, 0.4) is 0 Å². The second-order valence-corrected chi connectivity index (χ2v) is 7.59. The molecule has 0 saturated heterocycles. The molecule has 2 aromatic carbocycles. The summed E-state index contributed by atoms with van der Waals surface area (Å²) in [6.45, 7) is 4.38. The monoisotopic (exact) mass is 387 g/mol. The number of carbonyl (C=O) groups excluding carboxylic acids is 2. The molecule has 2 aromatic rings. The summed E-state index contributed by atoms with van der Waals surface area (Å²) in [6, 6.07) is 12.2. The van der Waals surface area contributed by atoms with E-state index in [1.165, 1.54) is 0 Å². The van der Waals surface area contributed by atoms with Crippen molar-refractivity contribution in [2.24, 2.45) is 5.41 Å². The quantitative estimate of drug-likeness (QED) is 0.834. The van der Waals surface area contributed by atoms with Crippen LogP contribution in [0.15, 0.2) is 42.5 Å². The number of urea groups is 1. The van der Waals surface area contributed by atoms with E-state index in [-0.39, 0.29) is 11.9 Å². The third-order valence-electron chi connectivity index (χ3n) is 4.42. The number of nitrogens with zero attached hydrogens (tertiary/aromatic N) is 1. The molecule has 142 valence electrons. The van der Waals surface area contributed by atoms with Crippen molar-refractivity contribution in [2.45, 2.75) is 20.4 Å². The maximum atomic E-state index is 12.6. The Balaban J connectivity index is 1.68. The molecule has 0 unspecified atom stereocenters. The van der Waals surface area contributed by atoms with E-state index in [2.05, 4.69) is 10.6 Å². The lowest BCUT2D eigenvalue weighted by molar-refractivity contribution is -0.127. The lowest BCUT2D eigenvalue weighted by Crippen LogP contribution is -2.39. The summed E-state index contributed by atoms with van der Waals surface area (Å²) in [5.41, 5.74) is 1.53. The number of benzene rings is 2. The number of nitrogens with one attached hydrogen (secondary N) is 2. The van der Waals surface area contributed by atoms with Crippen LogP contribution in [0.2, 0.25) is 5.02 Å². The molecule has 7 heteroatoms. The molecule has 27 heavy (non-hydrogen) atoms. The van der Waals surface area contributed by atoms with Gasteiger partial charge in [0.25, 0.3) is 0 Å². The van der Waals surface area contributed by atoms with Gasteiger partial charge >= 0.3 is 6.03 Å². The molecule has 1 heterocycles. The van der Waals surface area contributed by atoms with Crippen molar-refractivity contribution >= 4 is 34.9 Å². The van der Waals surface area contributed by atoms with Gasteiger partial charge in [0, 0.05) is 24.3 Å². The SMILES string of the molecule is CN1C(=O)C(C)(C)COc2ccc(NC(=O)NCc3ccc(Cl)cc3)cc21. The minimum atomic E-state index is -0.614. The summed E-state index contributed by atoms with van der Waals surface area (Å²) in [7, 11) is 1.71. The first-order chi connectivity index (χ1) is 12.8. The first-order valence-electron chi connectivity index (χ1n) is 8.60. The van der Waals surface area contributed by atoms with Crippen LogP contribution in [0.1, 0.15) is 19.4 Å². The van der Waals surface area contributed by atoms with Gasteiger partial charge in [0.2, 0.25) is 5.91 Å². The minimum Gasteiger partial charge on any atom is -0.490 e. The van der Waals surface area contributed by atoms with Crippen molar-refractivity contribution in [1.29, 1.82) is 0 Å². The Labute approximate surface area is 163 Å². The molecule has 0 spiro atoms. The molecule has 3 amide bonds. The summed E-state index contributed by atoms with van der Waals surface area (Å²) >= 11 is 5.85. The Bertz CT molecular complexity index is 865. The second kappa shape index (κ2) is 7.48. The third kappa shape index (κ3) is 4.34. The molecule has 0 bridgehead atoms. The zero-order valence-corrected chi connectivity index (χ0v) is 16.3. The number of hydrogen-bond donors (Lipinski definition) is 2. The number of anilines is 2. The predicted molar refractivity (Wildman–Crippen MR) is 106 cm³/mol. The number of ether oxygens (including phenoxy) is 1. The third-order valence-corrected chi connectivity index (χ3v) is 4.67. The molecule has 6 nitrogen and oxygen atoms in total. The number of halogens is 1. The van der Waals surface area contributed by atoms with Crippen molar-refractivity contribution in [1.82, 2.24) is 5.32 Å². The highest BCUT2D eigenvalue weighted by atomic mass is 35.5. The van der Waals surface area contributed by atoms with Crippen LogP contribution >= 0.6 is 11.6 Å². The molecule has 0 radical (unpaired) electrons. The van der Waals surface area contributed by atoms with E-state index in [1.54, 1.807) is 42.3 Å². The van der Waals surface area contributed by atoms with Crippen LogP contribution in [0.5, 0.6) is 5.75 Å². The largest absolute Gasteiger partial charge is 0.490 e. The van der Waals surface area contributed by atoms with Crippen molar-refractivity contribution in [3.05, 3.63) is 53.1 Å². The summed E-state index contributed by atoms with van der Waals surface area (Å²) < 4.78 is 5.78. The Morgan fingerprint density at radius 1 is 1.22 bits per heavy atom. The van der Waals surface area contributed by atoms with E-state index < -0.39 is 5.41 Å². The second-order valence-electron chi connectivity index (χ2n) is 7.15. The first-order valence-corrected chi connectivity index (χ1v) is 8.98. The van der Waals surface area contributed by atoms with E-state index in [9.17, 15) is 9.59 Å². The molecule has 0 aromatic heterocycles. The highest BCUT2D eigenvalue weighted by molar-refractivity contribution is 6.30. The van der Waals surface area contributed by atoms with Gasteiger partial charge in [-0.15, -0.1) is 0 Å². The van der Waals surface area contributed by atoms with Crippen LogP contribution in [0, 0.1) is 5.41 Å². The zero-order chi connectivity index (χ0) is 19.6. The zero-order valence-electron chi connectivity index (χ0n) is 15.5. The molecular formula is C20H22ClN3O3. The highest BCUT2D eigenvalue weighted by Gasteiger charge is 2.36. The van der Waals surface area contributed by atoms with Crippen LogP contribution in [0.4, 0.5) is 16.2 Å². The fraction of sp³-hybridized carbons (Fsp3) is 0.300. The van der Waals surface area contributed by atoms with Gasteiger partial charge in [-0.2, -0.15) is 0 Å². The van der Waals surface area contributed by atoms with Gasteiger partial charge in [-0.1, -0.05) is 23.7 Å². The van der Waals surface area contributed by atoms with Crippen LogP contribution in [-0.2, 0) is 11.3 Å². The fourth-order valence-electron chi connectivity index (χ4n) is 2.82. The average molecular weight is 388 g/mol. The van der Waals surface area contributed by atoms with Gasteiger partial charge in [0.05, 0.1) is 11.1 Å². The normalized spacial score (nSPS) is 15.4. The summed E-state index contributed by atoms with van der Waals surface area (Å²) in [5, 5.41) is 6.22. The molecule has 0 fully saturated rings. The number of fused-ring (bicyclic) bond motifs is 1. The van der Waals surface area contributed by atoms with Crippen molar-refractivity contribution in [3.63, 3.8) is 0 Å². The van der Waals surface area contributed by atoms with Crippen molar-refractivity contribution in [2.75, 3.05) is 23.9 Å². The minimum absolute atomic E-state index is 0.0365. The van der Waals surface area contributed by atoms with Gasteiger partial charge in [0.1, 0.15) is 12.4 Å². The molecule has 0 saturated carbocycles. The maximum Gasteiger partial charge on any atom is 0.319 e.